The smallest absolute Gasteiger partial charge is 0.400 e. The molecule has 0 aliphatic heterocycles. The molecule has 0 unspecified atom stereocenters. The van der Waals surface area contributed by atoms with Crippen LogP contribution in [0.4, 0.5) is 5.88 Å². The lowest BCUT2D eigenvalue weighted by atomic mass is 10.0. The van der Waals surface area contributed by atoms with Crippen molar-refractivity contribution in [3.8, 4) is 11.1 Å². The summed E-state index contributed by atoms with van der Waals surface area (Å²) in [6.45, 7) is 0. The van der Waals surface area contributed by atoms with Crippen LogP contribution in [0, 0.1) is 10.1 Å². The lowest BCUT2D eigenvalue weighted by molar-refractivity contribution is -0.400. The second kappa shape index (κ2) is 5.09. The molecule has 4 nitrogen and oxygen atoms in total. The summed E-state index contributed by atoms with van der Waals surface area (Å²) in [5.41, 5.74) is 2.89. The average Bonchev–Trinajstić information content (AvgIpc) is 2.86. The first-order chi connectivity index (χ1) is 9.70. The molecule has 0 saturated carbocycles. The van der Waals surface area contributed by atoms with Crippen molar-refractivity contribution in [3.63, 3.8) is 0 Å². The zero-order chi connectivity index (χ0) is 14.1. The van der Waals surface area contributed by atoms with Gasteiger partial charge in [0.1, 0.15) is 16.1 Å². The van der Waals surface area contributed by atoms with Gasteiger partial charge < -0.3 is 4.42 Å². The summed E-state index contributed by atoms with van der Waals surface area (Å²) in [5, 5.41) is 12.7. The quantitative estimate of drug-likeness (QED) is 0.389. The first-order valence-electron chi connectivity index (χ1n) is 6.02. The number of halogens is 1. The van der Waals surface area contributed by atoms with E-state index in [4.69, 9.17) is 4.42 Å². The summed E-state index contributed by atoms with van der Waals surface area (Å²) in [4.78, 5) is 10.7. The monoisotopic (exact) mass is 331 g/mol. The van der Waals surface area contributed by atoms with Crippen LogP contribution in [-0.4, -0.2) is 4.92 Å². The minimum Gasteiger partial charge on any atom is -0.400 e. The molecule has 0 N–H and O–H groups in total. The number of benzene rings is 2. The van der Waals surface area contributed by atoms with E-state index in [1.54, 1.807) is 6.07 Å². The van der Waals surface area contributed by atoms with E-state index in [1.807, 2.05) is 42.5 Å². The molecule has 2 aromatic carbocycles. The molecule has 1 aromatic heterocycles. The standard InChI is InChI=1S/C15H10BrNO3/c16-9-10-6-7-13-12(8-10)14(15(20-13)17(18)19)11-4-2-1-3-5-11/h1-8H,9H2. The van der Waals surface area contributed by atoms with Crippen LogP contribution >= 0.6 is 15.9 Å². The van der Waals surface area contributed by atoms with Crippen molar-refractivity contribution in [3.05, 3.63) is 64.2 Å². The van der Waals surface area contributed by atoms with Crippen LogP contribution in [0.5, 0.6) is 0 Å². The minimum atomic E-state index is -0.476. The van der Waals surface area contributed by atoms with Gasteiger partial charge in [0, 0.05) is 10.7 Å². The molecule has 1 heterocycles. The molecule has 0 spiro atoms. The maximum absolute atomic E-state index is 11.2. The van der Waals surface area contributed by atoms with Crippen molar-refractivity contribution in [1.82, 2.24) is 0 Å². The molecule has 0 amide bonds. The zero-order valence-electron chi connectivity index (χ0n) is 10.4. The van der Waals surface area contributed by atoms with Gasteiger partial charge in [-0.3, -0.25) is 10.1 Å². The van der Waals surface area contributed by atoms with Crippen LogP contribution in [0.1, 0.15) is 5.56 Å². The van der Waals surface area contributed by atoms with E-state index in [-0.39, 0.29) is 5.88 Å². The highest BCUT2D eigenvalue weighted by Crippen LogP contribution is 2.40. The zero-order valence-corrected chi connectivity index (χ0v) is 12.0. The van der Waals surface area contributed by atoms with E-state index in [1.165, 1.54) is 0 Å². The van der Waals surface area contributed by atoms with Crippen molar-refractivity contribution < 1.29 is 9.34 Å². The molecular weight excluding hydrogens is 322 g/mol. The van der Waals surface area contributed by atoms with Crippen molar-refractivity contribution in [1.29, 1.82) is 0 Å². The number of hydrogen-bond donors (Lipinski definition) is 0. The maximum atomic E-state index is 11.2. The highest BCUT2D eigenvalue weighted by molar-refractivity contribution is 9.08. The Morgan fingerprint density at radius 3 is 2.55 bits per heavy atom. The third kappa shape index (κ3) is 2.10. The molecule has 0 atom stereocenters. The Kier molecular flexibility index (Phi) is 3.28. The van der Waals surface area contributed by atoms with Crippen LogP contribution in [0.3, 0.4) is 0 Å². The Bertz CT molecular complexity index is 780. The van der Waals surface area contributed by atoms with Crippen molar-refractivity contribution >= 4 is 32.8 Å². The number of nitro groups is 1. The van der Waals surface area contributed by atoms with Gasteiger partial charge in [0.05, 0.1) is 0 Å². The van der Waals surface area contributed by atoms with Crippen LogP contribution in [0.15, 0.2) is 52.9 Å². The van der Waals surface area contributed by atoms with Crippen LogP contribution in [0.2, 0.25) is 0 Å². The first kappa shape index (κ1) is 12.9. The molecule has 100 valence electrons. The van der Waals surface area contributed by atoms with Gasteiger partial charge >= 0.3 is 5.88 Å². The molecule has 3 rings (SSSR count). The van der Waals surface area contributed by atoms with Gasteiger partial charge in [0.15, 0.2) is 0 Å². The van der Waals surface area contributed by atoms with E-state index in [0.29, 0.717) is 16.5 Å². The highest BCUT2D eigenvalue weighted by atomic mass is 79.9. The largest absolute Gasteiger partial charge is 0.442 e. The fourth-order valence-electron chi connectivity index (χ4n) is 2.23. The molecule has 5 heteroatoms. The molecule has 0 aliphatic rings. The number of furan rings is 1. The lowest BCUT2D eigenvalue weighted by Crippen LogP contribution is -1.88. The van der Waals surface area contributed by atoms with Gasteiger partial charge in [0.2, 0.25) is 0 Å². The molecule has 20 heavy (non-hydrogen) atoms. The predicted octanol–water partition coefficient (Wildman–Crippen LogP) is 4.90. The van der Waals surface area contributed by atoms with Crippen LogP contribution in [0.25, 0.3) is 22.1 Å². The van der Waals surface area contributed by atoms with Crippen LogP contribution in [-0.2, 0) is 5.33 Å². The molecule has 0 radical (unpaired) electrons. The number of nitrogens with zero attached hydrogens (tertiary/aromatic N) is 1. The third-order valence-corrected chi connectivity index (χ3v) is 3.76. The Morgan fingerprint density at radius 1 is 1.15 bits per heavy atom. The number of fused-ring (bicyclic) bond motifs is 1. The molecule has 0 aliphatic carbocycles. The first-order valence-corrected chi connectivity index (χ1v) is 7.14. The summed E-state index contributed by atoms with van der Waals surface area (Å²) in [6, 6.07) is 14.9. The lowest BCUT2D eigenvalue weighted by Gasteiger charge is -1.99. The fourth-order valence-corrected chi connectivity index (χ4v) is 2.58. The fraction of sp³-hybridized carbons (Fsp3) is 0.0667. The second-order valence-electron chi connectivity index (χ2n) is 4.37. The average molecular weight is 332 g/mol. The highest BCUT2D eigenvalue weighted by Gasteiger charge is 2.25. The normalized spacial score (nSPS) is 10.8. The third-order valence-electron chi connectivity index (χ3n) is 3.12. The van der Waals surface area contributed by atoms with E-state index in [0.717, 1.165) is 16.5 Å². The van der Waals surface area contributed by atoms with Crippen molar-refractivity contribution in [2.75, 3.05) is 0 Å². The van der Waals surface area contributed by atoms with Gasteiger partial charge in [-0.15, -0.1) is 0 Å². The van der Waals surface area contributed by atoms with Gasteiger partial charge in [-0.2, -0.15) is 0 Å². The number of rotatable bonds is 3. The Hall–Kier alpha value is -2.14. The molecule has 3 aromatic rings. The summed E-state index contributed by atoms with van der Waals surface area (Å²) in [7, 11) is 0. The van der Waals surface area contributed by atoms with Crippen molar-refractivity contribution in [2.24, 2.45) is 0 Å². The topological polar surface area (TPSA) is 56.3 Å². The molecule has 0 bridgehead atoms. The summed E-state index contributed by atoms with van der Waals surface area (Å²) < 4.78 is 5.40. The summed E-state index contributed by atoms with van der Waals surface area (Å²) in [6.07, 6.45) is 0. The summed E-state index contributed by atoms with van der Waals surface area (Å²) in [5.74, 6) is -0.210. The SMILES string of the molecule is O=[N+]([O-])c1oc2ccc(CBr)cc2c1-c1ccccc1. The van der Waals surface area contributed by atoms with Gasteiger partial charge in [-0.25, -0.2) is 0 Å². The van der Waals surface area contributed by atoms with E-state index in [2.05, 4.69) is 15.9 Å². The van der Waals surface area contributed by atoms with Gasteiger partial charge in [-0.1, -0.05) is 52.3 Å². The predicted molar refractivity (Wildman–Crippen MR) is 80.9 cm³/mol. The number of hydrogen-bond acceptors (Lipinski definition) is 3. The molecule has 0 saturated heterocycles. The van der Waals surface area contributed by atoms with E-state index >= 15 is 0 Å². The Morgan fingerprint density at radius 2 is 1.90 bits per heavy atom. The van der Waals surface area contributed by atoms with Crippen molar-refractivity contribution in [2.45, 2.75) is 5.33 Å². The molecular formula is C15H10BrNO3. The maximum Gasteiger partial charge on any atom is 0.442 e. The summed E-state index contributed by atoms with van der Waals surface area (Å²) >= 11 is 3.40. The minimum absolute atomic E-state index is 0.210. The Balaban J connectivity index is 2.36. The van der Waals surface area contributed by atoms with Crippen LogP contribution < -0.4 is 0 Å². The molecule has 0 fully saturated rings. The van der Waals surface area contributed by atoms with Gasteiger partial charge in [0.25, 0.3) is 0 Å². The van der Waals surface area contributed by atoms with E-state index < -0.39 is 4.92 Å². The second-order valence-corrected chi connectivity index (χ2v) is 4.93. The number of alkyl halides is 1. The van der Waals surface area contributed by atoms with E-state index in [9.17, 15) is 10.1 Å². The Labute approximate surface area is 123 Å². The van der Waals surface area contributed by atoms with Gasteiger partial charge in [-0.05, 0) is 23.3 Å².